The molecule has 36 heavy (non-hydrogen) atoms. The van der Waals surface area contributed by atoms with Crippen LogP contribution in [0.3, 0.4) is 0 Å². The number of hydrogen-bond acceptors (Lipinski definition) is 6. The van der Waals surface area contributed by atoms with Crippen molar-refractivity contribution in [1.29, 1.82) is 0 Å². The molecule has 0 radical (unpaired) electrons. The predicted octanol–water partition coefficient (Wildman–Crippen LogP) is 3.96. The van der Waals surface area contributed by atoms with Gasteiger partial charge in [-0.3, -0.25) is 9.59 Å². The van der Waals surface area contributed by atoms with E-state index in [-0.39, 0.29) is 35.5 Å². The van der Waals surface area contributed by atoms with Crippen LogP contribution in [0.15, 0.2) is 23.6 Å². The maximum atomic E-state index is 13.9. The third-order valence-electron chi connectivity index (χ3n) is 10.5. The fourth-order valence-corrected chi connectivity index (χ4v) is 12.0. The van der Waals surface area contributed by atoms with Crippen molar-refractivity contribution in [3.05, 3.63) is 23.6 Å². The minimum atomic E-state index is -1.45. The molecule has 0 aromatic rings. The fourth-order valence-electron chi connectivity index (χ4n) is 10.3. The highest BCUT2D eigenvalue weighted by molar-refractivity contribution is 6.81. The lowest BCUT2D eigenvalue weighted by Gasteiger charge is -2.58. The Hall–Kier alpha value is -1.23. The van der Waals surface area contributed by atoms with E-state index in [0.29, 0.717) is 25.7 Å². The van der Waals surface area contributed by atoms with E-state index in [1.807, 2.05) is 0 Å². The van der Waals surface area contributed by atoms with Crippen LogP contribution in [-0.4, -0.2) is 63.7 Å². The number of methoxy groups -OCH3 is 2. The van der Waals surface area contributed by atoms with Crippen molar-refractivity contribution in [3.8, 4) is 0 Å². The third-order valence-corrected chi connectivity index (χ3v) is 13.0. The molecule has 0 aromatic heterocycles. The summed E-state index contributed by atoms with van der Waals surface area (Å²) in [4.78, 5) is 27.7. The third kappa shape index (κ3) is 2.96. The number of hydrogen-bond donors (Lipinski definition) is 2. The molecule has 8 bridgehead atoms. The lowest BCUT2D eigenvalue weighted by molar-refractivity contribution is -0.230. The minimum Gasteiger partial charge on any atom is -0.469 e. The summed E-state index contributed by atoms with van der Waals surface area (Å²) < 4.78 is 10.9. The van der Waals surface area contributed by atoms with Gasteiger partial charge in [-0.1, -0.05) is 62.8 Å². The monoisotopic (exact) mass is 532 g/mol. The quantitative estimate of drug-likeness (QED) is 0.363. The first-order valence-corrected chi connectivity index (χ1v) is 20.7. The lowest BCUT2D eigenvalue weighted by Crippen LogP contribution is -2.69. The number of aliphatic hydroxyl groups is 2. The van der Waals surface area contributed by atoms with Crippen LogP contribution in [0.1, 0.15) is 25.7 Å². The average Bonchev–Trinajstić information content (AvgIpc) is 3.50. The van der Waals surface area contributed by atoms with Gasteiger partial charge in [0.15, 0.2) is 0 Å². The average molecular weight is 533 g/mol. The summed E-state index contributed by atoms with van der Waals surface area (Å²) in [5.74, 6) is -1.80. The van der Waals surface area contributed by atoms with Gasteiger partial charge in [-0.25, -0.2) is 0 Å². The first-order chi connectivity index (χ1) is 16.5. The highest BCUT2D eigenvalue weighted by Crippen LogP contribution is 2.95. The highest BCUT2D eigenvalue weighted by atomic mass is 28.3. The Kier molecular flexibility index (Phi) is 5.62. The molecule has 0 spiro atoms. The Balaban J connectivity index is 1.60. The second kappa shape index (κ2) is 7.67. The minimum absolute atomic E-state index is 0.0264. The van der Waals surface area contributed by atoms with Gasteiger partial charge in [-0.2, -0.15) is 0 Å². The van der Waals surface area contributed by atoms with Crippen LogP contribution >= 0.6 is 0 Å². The molecule has 6 saturated carbocycles. The van der Waals surface area contributed by atoms with Crippen molar-refractivity contribution in [2.75, 3.05) is 14.2 Å². The molecule has 0 aromatic carbocycles. The predicted molar refractivity (Wildman–Crippen MR) is 143 cm³/mol. The molecule has 6 rings (SSSR count). The molecule has 0 amide bonds. The van der Waals surface area contributed by atoms with E-state index in [2.05, 4.69) is 62.8 Å². The number of carbonyl (C=O) groups excluding carboxylic acids is 2. The van der Waals surface area contributed by atoms with Crippen LogP contribution in [0, 0.1) is 46.3 Å². The Bertz CT molecular complexity index is 960. The smallest absolute Gasteiger partial charge is 0.313 e. The first kappa shape index (κ1) is 26.4. The van der Waals surface area contributed by atoms with Crippen LogP contribution in [0.5, 0.6) is 0 Å². The van der Waals surface area contributed by atoms with Crippen LogP contribution < -0.4 is 0 Å². The van der Waals surface area contributed by atoms with E-state index >= 15 is 0 Å². The van der Waals surface area contributed by atoms with E-state index in [0.717, 1.165) is 0 Å². The Morgan fingerprint density at radius 2 is 1.08 bits per heavy atom. The number of esters is 2. The molecule has 0 heterocycles. The van der Waals surface area contributed by atoms with Gasteiger partial charge in [0.25, 0.3) is 0 Å². The maximum absolute atomic E-state index is 13.9. The molecule has 6 fully saturated rings. The molecular weight excluding hydrogens is 488 g/mol. The molecule has 6 aliphatic rings. The van der Waals surface area contributed by atoms with Crippen LogP contribution in [-0.2, 0) is 19.1 Å². The van der Waals surface area contributed by atoms with Gasteiger partial charge in [-0.15, -0.1) is 0 Å². The van der Waals surface area contributed by atoms with E-state index in [1.54, 1.807) is 0 Å². The normalized spacial score (nSPS) is 48.2. The summed E-state index contributed by atoms with van der Waals surface area (Å²) in [7, 11) is -0.113. The second-order valence-electron chi connectivity index (χ2n) is 14.6. The standard InChI is InChI=1S/C28H44O6Si2/c1-33-23(29)27-17-15-26(32,12-10-14-36(6,7)8)22-19(17)20-18(28(22,27)24(30)34-2)16-25(31,21(20)27)11-9-13-35(3,4)5/h9-10,13-14,17-22,31-32H,11-12,15-16H2,1-8H3/b13-9+,14-10+/t17-,18+,19-,20-,21-,22+,25-,26-,27-,28-/m1/s1. The SMILES string of the molecule is COC(=O)[C@@]12[C@@H]3C[C@](O)(C/C=C/[Si](C)(C)C)[C@@H]4[C@H]3[C@@H]3[C@@H]1[C@@](O)(C/C=C/[Si](C)(C)C)C[C@@H]3[C@]42C(=O)OC. The Labute approximate surface area is 217 Å². The van der Waals surface area contributed by atoms with Gasteiger partial charge in [0, 0.05) is 11.8 Å². The summed E-state index contributed by atoms with van der Waals surface area (Å²) in [6.07, 6.45) is 6.10. The zero-order valence-electron chi connectivity index (χ0n) is 23.1. The number of rotatable bonds is 8. The summed E-state index contributed by atoms with van der Waals surface area (Å²) in [6.45, 7) is 13.5. The van der Waals surface area contributed by atoms with Gasteiger partial charge in [0.2, 0.25) is 0 Å². The zero-order chi connectivity index (χ0) is 26.7. The zero-order valence-corrected chi connectivity index (χ0v) is 25.1. The lowest BCUT2D eigenvalue weighted by atomic mass is 9.44. The van der Waals surface area contributed by atoms with Gasteiger partial charge in [-0.05, 0) is 49.4 Å². The van der Waals surface area contributed by atoms with E-state index in [9.17, 15) is 19.8 Å². The van der Waals surface area contributed by atoms with E-state index in [1.165, 1.54) is 14.2 Å². The topological polar surface area (TPSA) is 93.1 Å². The molecule has 2 N–H and O–H groups in total. The molecule has 6 aliphatic carbocycles. The van der Waals surface area contributed by atoms with Crippen molar-refractivity contribution in [2.45, 2.75) is 76.2 Å². The molecule has 6 nitrogen and oxygen atoms in total. The summed E-state index contributed by atoms with van der Waals surface area (Å²) in [5.41, 5.74) is 0.125. The Morgan fingerprint density at radius 3 is 1.36 bits per heavy atom. The van der Waals surface area contributed by atoms with Crippen molar-refractivity contribution in [1.82, 2.24) is 0 Å². The molecule has 200 valence electrons. The number of carbonyl (C=O) groups is 2. The van der Waals surface area contributed by atoms with Crippen molar-refractivity contribution in [3.63, 3.8) is 0 Å². The van der Waals surface area contributed by atoms with Crippen molar-refractivity contribution < 1.29 is 29.3 Å². The summed E-state index contributed by atoms with van der Waals surface area (Å²) in [6, 6.07) is 0. The fraction of sp³-hybridized carbons (Fsp3) is 0.786. The molecule has 8 heteroatoms. The first-order valence-electron chi connectivity index (χ1n) is 13.5. The maximum Gasteiger partial charge on any atom is 0.313 e. The molecule has 0 unspecified atom stereocenters. The van der Waals surface area contributed by atoms with Gasteiger partial charge < -0.3 is 19.7 Å². The van der Waals surface area contributed by atoms with Gasteiger partial charge in [0.05, 0.1) is 52.4 Å². The summed E-state index contributed by atoms with van der Waals surface area (Å²) in [5, 5.41) is 24.2. The van der Waals surface area contributed by atoms with E-state index in [4.69, 9.17) is 9.47 Å². The highest BCUT2D eigenvalue weighted by Gasteiger charge is 3.01. The molecule has 0 saturated heterocycles. The molecular formula is C28H44O6Si2. The summed E-state index contributed by atoms with van der Waals surface area (Å²) >= 11 is 0. The number of ether oxygens (including phenoxy) is 2. The second-order valence-corrected chi connectivity index (χ2v) is 24.7. The van der Waals surface area contributed by atoms with Crippen molar-refractivity contribution in [2.24, 2.45) is 46.3 Å². The van der Waals surface area contributed by atoms with Crippen molar-refractivity contribution >= 4 is 28.1 Å². The molecule has 10 atom stereocenters. The Morgan fingerprint density at radius 1 is 0.750 bits per heavy atom. The van der Waals surface area contributed by atoms with Crippen LogP contribution in [0.4, 0.5) is 0 Å². The van der Waals surface area contributed by atoms with Crippen LogP contribution in [0.2, 0.25) is 39.3 Å². The largest absolute Gasteiger partial charge is 0.469 e. The molecule has 0 aliphatic heterocycles. The van der Waals surface area contributed by atoms with Gasteiger partial charge >= 0.3 is 11.9 Å². The van der Waals surface area contributed by atoms with Crippen LogP contribution in [0.25, 0.3) is 0 Å². The van der Waals surface area contributed by atoms with E-state index < -0.39 is 50.1 Å². The van der Waals surface area contributed by atoms with Gasteiger partial charge in [0.1, 0.15) is 0 Å².